The highest BCUT2D eigenvalue weighted by molar-refractivity contribution is 7.10. The van der Waals surface area contributed by atoms with Gasteiger partial charge in [-0.05, 0) is 42.6 Å². The number of carbonyl (C=O) groups is 1. The maximum Gasteiger partial charge on any atom is 0.234 e. The highest BCUT2D eigenvalue weighted by atomic mass is 32.1. The summed E-state index contributed by atoms with van der Waals surface area (Å²) in [5, 5.41) is 5.22. The van der Waals surface area contributed by atoms with Crippen LogP contribution in [0.1, 0.15) is 22.9 Å². The van der Waals surface area contributed by atoms with E-state index in [9.17, 15) is 4.79 Å². The van der Waals surface area contributed by atoms with Gasteiger partial charge in [0.2, 0.25) is 5.91 Å². The van der Waals surface area contributed by atoms with E-state index >= 15 is 0 Å². The van der Waals surface area contributed by atoms with Crippen molar-refractivity contribution < 1.29 is 9.53 Å². The van der Waals surface area contributed by atoms with Crippen LogP contribution >= 0.6 is 11.3 Å². The third kappa shape index (κ3) is 6.22. The van der Waals surface area contributed by atoms with Gasteiger partial charge in [-0.25, -0.2) is 0 Å². The Bertz CT molecular complexity index is 822. The molecule has 0 aliphatic carbocycles. The largest absolute Gasteiger partial charge is 0.494 e. The van der Waals surface area contributed by atoms with Crippen LogP contribution in [0.4, 0.5) is 0 Å². The molecule has 146 valence electrons. The van der Waals surface area contributed by atoms with Gasteiger partial charge >= 0.3 is 0 Å². The minimum absolute atomic E-state index is 0.0220. The van der Waals surface area contributed by atoms with Gasteiger partial charge in [0.1, 0.15) is 5.75 Å². The predicted molar refractivity (Wildman–Crippen MR) is 115 cm³/mol. The van der Waals surface area contributed by atoms with Crippen molar-refractivity contribution in [3.05, 3.63) is 88.6 Å². The molecule has 1 atom stereocenters. The molecule has 1 amide bonds. The lowest BCUT2D eigenvalue weighted by Crippen LogP contribution is -2.38. The van der Waals surface area contributed by atoms with Gasteiger partial charge in [-0.15, -0.1) is 11.3 Å². The van der Waals surface area contributed by atoms with Crippen molar-refractivity contribution in [1.29, 1.82) is 0 Å². The van der Waals surface area contributed by atoms with Crippen molar-refractivity contribution in [2.75, 3.05) is 26.7 Å². The first-order valence-electron chi connectivity index (χ1n) is 9.46. The summed E-state index contributed by atoms with van der Waals surface area (Å²) in [6, 6.07) is 23.9. The summed E-state index contributed by atoms with van der Waals surface area (Å²) in [7, 11) is 1.96. The first-order valence-corrected chi connectivity index (χ1v) is 10.3. The molecule has 0 radical (unpaired) electrons. The molecule has 3 rings (SSSR count). The van der Waals surface area contributed by atoms with Gasteiger partial charge in [0, 0.05) is 11.4 Å². The van der Waals surface area contributed by atoms with Crippen molar-refractivity contribution >= 4 is 17.2 Å². The molecule has 2 aromatic carbocycles. The molecule has 1 unspecified atom stereocenters. The van der Waals surface area contributed by atoms with Crippen LogP contribution < -0.4 is 10.1 Å². The summed E-state index contributed by atoms with van der Waals surface area (Å²) in [6.07, 6.45) is 0.867. The van der Waals surface area contributed by atoms with Crippen LogP contribution in [0.15, 0.2) is 78.2 Å². The first-order chi connectivity index (χ1) is 13.7. The van der Waals surface area contributed by atoms with E-state index in [1.54, 1.807) is 11.3 Å². The fraction of sp³-hybridized carbons (Fsp3) is 0.261. The number of thiophene rings is 1. The van der Waals surface area contributed by atoms with Gasteiger partial charge in [-0.2, -0.15) is 0 Å². The van der Waals surface area contributed by atoms with E-state index in [1.165, 1.54) is 0 Å². The highest BCUT2D eigenvalue weighted by Gasteiger charge is 2.18. The van der Waals surface area contributed by atoms with E-state index < -0.39 is 0 Å². The topological polar surface area (TPSA) is 41.6 Å². The summed E-state index contributed by atoms with van der Waals surface area (Å²) < 4.78 is 5.71. The number of hydrogen-bond acceptors (Lipinski definition) is 4. The number of hydrogen-bond donors (Lipinski definition) is 1. The minimum atomic E-state index is -0.108. The standard InChI is InChI=1S/C23H26N2O2S/c1-25(15-9-16-27-20-12-6-3-7-13-20)18-22(26)24-23(21-14-8-17-28-21)19-10-4-2-5-11-19/h2-8,10-14,17,23H,9,15-16,18H2,1H3,(H,24,26). The summed E-state index contributed by atoms with van der Waals surface area (Å²) in [5.74, 6) is 0.901. The van der Waals surface area contributed by atoms with Crippen molar-refractivity contribution in [3.63, 3.8) is 0 Å². The minimum Gasteiger partial charge on any atom is -0.494 e. The van der Waals surface area contributed by atoms with Crippen molar-refractivity contribution in [3.8, 4) is 5.75 Å². The summed E-state index contributed by atoms with van der Waals surface area (Å²) in [6.45, 7) is 1.80. The third-order valence-corrected chi connectivity index (χ3v) is 5.31. The lowest BCUT2D eigenvalue weighted by Gasteiger charge is -2.21. The molecule has 3 aromatic rings. The Morgan fingerprint density at radius 2 is 1.75 bits per heavy atom. The highest BCUT2D eigenvalue weighted by Crippen LogP contribution is 2.25. The van der Waals surface area contributed by atoms with Gasteiger partial charge in [0.15, 0.2) is 0 Å². The molecule has 0 spiro atoms. The average Bonchev–Trinajstić information content (AvgIpc) is 3.25. The van der Waals surface area contributed by atoms with Crippen molar-refractivity contribution in [2.24, 2.45) is 0 Å². The molecule has 1 aromatic heterocycles. The quantitative estimate of drug-likeness (QED) is 0.520. The molecule has 4 nitrogen and oxygen atoms in total. The zero-order valence-corrected chi connectivity index (χ0v) is 16.9. The molecular formula is C23H26N2O2S. The van der Waals surface area contributed by atoms with Crippen LogP contribution in [0.3, 0.4) is 0 Å². The Labute approximate surface area is 170 Å². The first kappa shape index (κ1) is 20.1. The fourth-order valence-corrected chi connectivity index (χ4v) is 3.79. The Balaban J connectivity index is 1.46. The number of para-hydroxylation sites is 1. The Morgan fingerprint density at radius 3 is 2.43 bits per heavy atom. The molecule has 1 N–H and O–H groups in total. The molecule has 0 aliphatic heterocycles. The fourth-order valence-electron chi connectivity index (χ4n) is 2.99. The van der Waals surface area contributed by atoms with Gasteiger partial charge in [0.05, 0.1) is 19.2 Å². The van der Waals surface area contributed by atoms with Crippen LogP contribution in [-0.2, 0) is 4.79 Å². The Kier molecular flexibility index (Phi) is 7.64. The zero-order valence-electron chi connectivity index (χ0n) is 16.1. The summed E-state index contributed by atoms with van der Waals surface area (Å²) >= 11 is 1.66. The maximum absolute atomic E-state index is 12.6. The van der Waals surface area contributed by atoms with Gasteiger partial charge in [-0.3, -0.25) is 9.69 Å². The number of benzene rings is 2. The molecule has 28 heavy (non-hydrogen) atoms. The number of ether oxygens (including phenoxy) is 1. The number of rotatable bonds is 10. The smallest absolute Gasteiger partial charge is 0.234 e. The number of carbonyl (C=O) groups excluding carboxylic acids is 1. The molecule has 5 heteroatoms. The number of nitrogens with one attached hydrogen (secondary N) is 1. The Hall–Kier alpha value is -2.63. The molecular weight excluding hydrogens is 368 g/mol. The number of amides is 1. The molecule has 0 aliphatic rings. The lowest BCUT2D eigenvalue weighted by molar-refractivity contribution is -0.122. The van der Waals surface area contributed by atoms with Gasteiger partial charge in [0.25, 0.3) is 0 Å². The predicted octanol–water partition coefficient (Wildman–Crippen LogP) is 4.35. The van der Waals surface area contributed by atoms with Gasteiger partial charge < -0.3 is 10.1 Å². The lowest BCUT2D eigenvalue weighted by atomic mass is 10.1. The van der Waals surface area contributed by atoms with Crippen LogP contribution in [0.5, 0.6) is 5.75 Å². The monoisotopic (exact) mass is 394 g/mol. The Morgan fingerprint density at radius 1 is 1.04 bits per heavy atom. The zero-order chi connectivity index (χ0) is 19.6. The van der Waals surface area contributed by atoms with E-state index in [2.05, 4.69) is 23.5 Å². The number of likely N-dealkylation sites (N-methyl/N-ethyl adjacent to an activating group) is 1. The van der Waals surface area contributed by atoms with E-state index in [4.69, 9.17) is 4.74 Å². The summed E-state index contributed by atoms with van der Waals surface area (Å²) in [5.41, 5.74) is 1.09. The summed E-state index contributed by atoms with van der Waals surface area (Å²) in [4.78, 5) is 15.8. The molecule has 0 fully saturated rings. The second-order valence-corrected chi connectivity index (χ2v) is 7.66. The van der Waals surface area contributed by atoms with Crippen LogP contribution in [0.2, 0.25) is 0 Å². The second-order valence-electron chi connectivity index (χ2n) is 6.68. The molecule has 0 saturated heterocycles. The molecule has 1 heterocycles. The van der Waals surface area contributed by atoms with E-state index in [0.717, 1.165) is 29.2 Å². The van der Waals surface area contributed by atoms with Crippen LogP contribution in [0.25, 0.3) is 0 Å². The van der Waals surface area contributed by atoms with Crippen molar-refractivity contribution in [1.82, 2.24) is 10.2 Å². The van der Waals surface area contributed by atoms with E-state index in [0.29, 0.717) is 13.2 Å². The molecule has 0 bridgehead atoms. The normalized spacial score (nSPS) is 11.9. The second kappa shape index (κ2) is 10.6. The van der Waals surface area contributed by atoms with Crippen LogP contribution in [-0.4, -0.2) is 37.6 Å². The maximum atomic E-state index is 12.6. The van der Waals surface area contributed by atoms with Gasteiger partial charge in [-0.1, -0.05) is 54.6 Å². The van der Waals surface area contributed by atoms with E-state index in [-0.39, 0.29) is 11.9 Å². The molecule has 0 saturated carbocycles. The third-order valence-electron chi connectivity index (χ3n) is 4.38. The van der Waals surface area contributed by atoms with E-state index in [1.807, 2.05) is 71.9 Å². The SMILES string of the molecule is CN(CCCOc1ccccc1)CC(=O)NC(c1ccccc1)c1cccs1. The van der Waals surface area contributed by atoms with Crippen LogP contribution in [0, 0.1) is 0 Å². The number of nitrogens with zero attached hydrogens (tertiary/aromatic N) is 1. The van der Waals surface area contributed by atoms with Crippen molar-refractivity contribution in [2.45, 2.75) is 12.5 Å². The average molecular weight is 395 g/mol.